The van der Waals surface area contributed by atoms with E-state index in [1.54, 1.807) is 0 Å². The number of benzene rings is 1. The molecule has 1 saturated carbocycles. The van der Waals surface area contributed by atoms with Crippen molar-refractivity contribution in [2.24, 2.45) is 5.92 Å². The van der Waals surface area contributed by atoms with Crippen molar-refractivity contribution in [1.29, 1.82) is 0 Å². The van der Waals surface area contributed by atoms with Gasteiger partial charge < -0.3 is 15.4 Å². The van der Waals surface area contributed by atoms with Crippen LogP contribution in [0.4, 0.5) is 4.39 Å². The Bertz CT molecular complexity index is 620. The first-order valence-corrected chi connectivity index (χ1v) is 10.0. The smallest absolute Gasteiger partial charge is 0.237 e. The van der Waals surface area contributed by atoms with Crippen LogP contribution in [0.15, 0.2) is 24.3 Å². The molecular formula is C21H30ClFN2O2. The van der Waals surface area contributed by atoms with Gasteiger partial charge in [0.25, 0.3) is 0 Å². The van der Waals surface area contributed by atoms with E-state index in [9.17, 15) is 9.18 Å². The van der Waals surface area contributed by atoms with E-state index in [1.165, 1.54) is 37.8 Å². The number of amides is 1. The van der Waals surface area contributed by atoms with Crippen molar-refractivity contribution in [3.8, 4) is 0 Å². The standard InChI is InChI=1S/C21H29FN2O2.ClH/c22-17-7-5-16(6-8-17)21(9-11-26-12-10-21)14-23-20(25)19-13-15-3-1-2-4-18(15)24-19;/h5-8,15,18-19,24H,1-4,9-14H2,(H,23,25);1H. The molecule has 1 aromatic rings. The van der Waals surface area contributed by atoms with Crippen LogP contribution in [0.2, 0.25) is 0 Å². The van der Waals surface area contributed by atoms with Crippen molar-refractivity contribution in [2.45, 2.75) is 62.4 Å². The van der Waals surface area contributed by atoms with Gasteiger partial charge in [0.2, 0.25) is 5.91 Å². The second-order valence-corrected chi connectivity index (χ2v) is 8.22. The molecule has 3 atom stereocenters. The highest BCUT2D eigenvalue weighted by atomic mass is 35.5. The molecule has 0 bridgehead atoms. The van der Waals surface area contributed by atoms with Crippen LogP contribution in [0.5, 0.6) is 0 Å². The fourth-order valence-electron chi connectivity index (χ4n) is 5.03. The van der Waals surface area contributed by atoms with E-state index < -0.39 is 0 Å². The van der Waals surface area contributed by atoms with Crippen LogP contribution >= 0.6 is 12.4 Å². The highest BCUT2D eigenvalue weighted by molar-refractivity contribution is 5.85. The lowest BCUT2D eigenvalue weighted by Gasteiger charge is -2.38. The van der Waals surface area contributed by atoms with Gasteiger partial charge in [-0.25, -0.2) is 4.39 Å². The van der Waals surface area contributed by atoms with Crippen LogP contribution in [0.25, 0.3) is 0 Å². The van der Waals surface area contributed by atoms with E-state index >= 15 is 0 Å². The van der Waals surface area contributed by atoms with E-state index in [4.69, 9.17) is 4.74 Å². The molecule has 4 nitrogen and oxygen atoms in total. The number of rotatable bonds is 4. The second kappa shape index (κ2) is 8.89. The molecule has 2 aliphatic heterocycles. The Morgan fingerprint density at radius 3 is 2.59 bits per heavy atom. The largest absolute Gasteiger partial charge is 0.381 e. The summed E-state index contributed by atoms with van der Waals surface area (Å²) >= 11 is 0. The van der Waals surface area contributed by atoms with Crippen molar-refractivity contribution in [2.75, 3.05) is 19.8 Å². The van der Waals surface area contributed by atoms with Gasteiger partial charge in [-0.1, -0.05) is 25.0 Å². The lowest BCUT2D eigenvalue weighted by atomic mass is 9.74. The summed E-state index contributed by atoms with van der Waals surface area (Å²) < 4.78 is 18.9. The monoisotopic (exact) mass is 396 g/mol. The average molecular weight is 397 g/mol. The molecule has 27 heavy (non-hydrogen) atoms. The Morgan fingerprint density at radius 1 is 1.19 bits per heavy atom. The zero-order valence-electron chi connectivity index (χ0n) is 15.7. The fraction of sp³-hybridized carbons (Fsp3) is 0.667. The third-order valence-corrected chi connectivity index (χ3v) is 6.69. The molecule has 1 aliphatic carbocycles. The summed E-state index contributed by atoms with van der Waals surface area (Å²) in [7, 11) is 0. The molecule has 3 aliphatic rings. The van der Waals surface area contributed by atoms with Crippen molar-refractivity contribution in [3.63, 3.8) is 0 Å². The number of hydrogen-bond acceptors (Lipinski definition) is 3. The maximum atomic E-state index is 13.3. The zero-order valence-corrected chi connectivity index (χ0v) is 16.5. The summed E-state index contributed by atoms with van der Waals surface area (Å²) in [6.07, 6.45) is 7.68. The Labute approximate surface area is 167 Å². The highest BCUT2D eigenvalue weighted by Crippen LogP contribution is 2.35. The first-order valence-electron chi connectivity index (χ1n) is 10.0. The number of halogens is 2. The van der Waals surface area contributed by atoms with Gasteiger partial charge in [-0.15, -0.1) is 12.4 Å². The van der Waals surface area contributed by atoms with Crippen molar-refractivity contribution in [1.82, 2.24) is 10.6 Å². The molecular weight excluding hydrogens is 367 g/mol. The van der Waals surface area contributed by atoms with Crippen LogP contribution in [0.1, 0.15) is 50.5 Å². The molecule has 0 radical (unpaired) electrons. The van der Waals surface area contributed by atoms with Crippen LogP contribution < -0.4 is 10.6 Å². The molecule has 2 heterocycles. The average Bonchev–Trinajstić information content (AvgIpc) is 3.12. The zero-order chi connectivity index (χ0) is 18.0. The molecule has 1 aromatic carbocycles. The molecule has 6 heteroatoms. The molecule has 1 amide bonds. The Kier molecular flexibility index (Phi) is 6.77. The summed E-state index contributed by atoms with van der Waals surface area (Å²) in [4.78, 5) is 12.8. The molecule has 2 saturated heterocycles. The van der Waals surface area contributed by atoms with Crippen molar-refractivity contribution < 1.29 is 13.9 Å². The van der Waals surface area contributed by atoms with Crippen LogP contribution in [-0.2, 0) is 14.9 Å². The summed E-state index contributed by atoms with van der Waals surface area (Å²) in [6.45, 7) is 1.95. The molecule has 3 fully saturated rings. The van der Waals surface area contributed by atoms with Crippen LogP contribution in [-0.4, -0.2) is 37.7 Å². The first-order chi connectivity index (χ1) is 12.7. The quantitative estimate of drug-likeness (QED) is 0.820. The van der Waals surface area contributed by atoms with Crippen molar-refractivity contribution in [3.05, 3.63) is 35.6 Å². The predicted octanol–water partition coefficient (Wildman–Crippen LogP) is 3.33. The van der Waals surface area contributed by atoms with Gasteiger partial charge >= 0.3 is 0 Å². The minimum absolute atomic E-state index is 0. The fourth-order valence-corrected chi connectivity index (χ4v) is 5.03. The molecule has 0 aromatic heterocycles. The predicted molar refractivity (Wildman–Crippen MR) is 106 cm³/mol. The van der Waals surface area contributed by atoms with E-state index in [2.05, 4.69) is 10.6 Å². The van der Waals surface area contributed by atoms with Gasteiger partial charge in [-0.05, 0) is 55.7 Å². The number of nitrogens with one attached hydrogen (secondary N) is 2. The first kappa shape index (κ1) is 20.6. The molecule has 0 spiro atoms. The number of carbonyl (C=O) groups excluding carboxylic acids is 1. The molecule has 2 N–H and O–H groups in total. The molecule has 150 valence electrons. The summed E-state index contributed by atoms with van der Waals surface area (Å²) in [5.41, 5.74) is 0.933. The number of hydrogen-bond donors (Lipinski definition) is 2. The van der Waals surface area contributed by atoms with Gasteiger partial charge in [-0.2, -0.15) is 0 Å². The lowest BCUT2D eigenvalue weighted by molar-refractivity contribution is -0.123. The number of fused-ring (bicyclic) bond motifs is 1. The molecule has 4 rings (SSSR count). The van der Waals surface area contributed by atoms with Gasteiger partial charge in [0.05, 0.1) is 6.04 Å². The minimum Gasteiger partial charge on any atom is -0.381 e. The third kappa shape index (κ3) is 4.47. The SMILES string of the molecule is Cl.O=C(NCC1(c2ccc(F)cc2)CCOCC1)C1CC2CCCCC2N1. The Morgan fingerprint density at radius 2 is 1.89 bits per heavy atom. The lowest BCUT2D eigenvalue weighted by Crippen LogP contribution is -2.49. The van der Waals surface area contributed by atoms with Crippen LogP contribution in [0.3, 0.4) is 0 Å². The van der Waals surface area contributed by atoms with E-state index in [1.807, 2.05) is 12.1 Å². The number of carbonyl (C=O) groups is 1. The van der Waals surface area contributed by atoms with E-state index in [0.717, 1.165) is 24.8 Å². The third-order valence-electron chi connectivity index (χ3n) is 6.69. The second-order valence-electron chi connectivity index (χ2n) is 8.22. The molecule has 3 unspecified atom stereocenters. The highest BCUT2D eigenvalue weighted by Gasteiger charge is 2.40. The summed E-state index contributed by atoms with van der Waals surface area (Å²) in [5.74, 6) is 0.554. The van der Waals surface area contributed by atoms with Gasteiger partial charge in [0.15, 0.2) is 0 Å². The van der Waals surface area contributed by atoms with Crippen LogP contribution in [0, 0.1) is 11.7 Å². The number of ether oxygens (including phenoxy) is 1. The Hall–Kier alpha value is -1.17. The summed E-state index contributed by atoms with van der Waals surface area (Å²) in [5, 5.41) is 6.76. The van der Waals surface area contributed by atoms with Gasteiger partial charge in [0.1, 0.15) is 5.82 Å². The summed E-state index contributed by atoms with van der Waals surface area (Å²) in [6, 6.07) is 7.20. The van der Waals surface area contributed by atoms with Gasteiger partial charge in [0, 0.05) is 31.2 Å². The van der Waals surface area contributed by atoms with E-state index in [0.29, 0.717) is 31.7 Å². The van der Waals surface area contributed by atoms with Crippen molar-refractivity contribution >= 4 is 18.3 Å². The Balaban J connectivity index is 0.00000210. The minimum atomic E-state index is -0.224. The topological polar surface area (TPSA) is 50.4 Å². The van der Waals surface area contributed by atoms with E-state index in [-0.39, 0.29) is 35.6 Å². The maximum absolute atomic E-state index is 13.3. The maximum Gasteiger partial charge on any atom is 0.237 e. The normalized spacial score (nSPS) is 29.4. The van der Waals surface area contributed by atoms with Gasteiger partial charge in [-0.3, -0.25) is 4.79 Å².